The van der Waals surface area contributed by atoms with Gasteiger partial charge in [-0.15, -0.1) is 0 Å². The highest BCUT2D eigenvalue weighted by Crippen LogP contribution is 2.31. The fourth-order valence-corrected chi connectivity index (χ4v) is 2.83. The molecule has 2 rings (SSSR count). The monoisotopic (exact) mass is 375 g/mol. The molecule has 1 aromatic carbocycles. The number of benzene rings is 1. The quantitative estimate of drug-likeness (QED) is 0.739. The molecule has 1 amide bonds. The van der Waals surface area contributed by atoms with E-state index in [2.05, 4.69) is 0 Å². The van der Waals surface area contributed by atoms with Gasteiger partial charge < -0.3 is 19.5 Å². The number of aliphatic hydroxyl groups excluding tert-OH is 1. The fourth-order valence-electron chi connectivity index (χ4n) is 2.83. The first-order valence-corrected chi connectivity index (χ1v) is 8.71. The molecule has 2 atom stereocenters. The molecule has 0 saturated carbocycles. The van der Waals surface area contributed by atoms with E-state index in [9.17, 15) is 23.1 Å². The summed E-state index contributed by atoms with van der Waals surface area (Å²) < 4.78 is 48.6. The Balaban J connectivity index is 1.90. The molecule has 1 N–H and O–H groups in total. The van der Waals surface area contributed by atoms with Gasteiger partial charge in [0.25, 0.3) is 0 Å². The van der Waals surface area contributed by atoms with Crippen LogP contribution in [-0.4, -0.2) is 48.5 Å². The number of carbonyl (C=O) groups is 1. The summed E-state index contributed by atoms with van der Waals surface area (Å²) in [5, 5.41) is 9.59. The smallest absolute Gasteiger partial charge is 0.416 e. The van der Waals surface area contributed by atoms with Crippen molar-refractivity contribution in [2.75, 3.05) is 26.3 Å². The van der Waals surface area contributed by atoms with E-state index >= 15 is 0 Å². The highest BCUT2D eigenvalue weighted by molar-refractivity contribution is 5.67. The maximum atomic E-state index is 12.6. The number of unbranched alkanes of at least 4 members (excludes halogenated alkanes) is 1. The number of alkyl halides is 3. The van der Waals surface area contributed by atoms with E-state index in [0.717, 1.165) is 25.0 Å². The van der Waals surface area contributed by atoms with Crippen LogP contribution >= 0.6 is 0 Å². The first-order valence-electron chi connectivity index (χ1n) is 8.71. The van der Waals surface area contributed by atoms with Gasteiger partial charge in [-0.2, -0.15) is 13.2 Å². The van der Waals surface area contributed by atoms with E-state index in [1.54, 1.807) is 4.90 Å². The van der Waals surface area contributed by atoms with Crippen LogP contribution in [0.3, 0.4) is 0 Å². The van der Waals surface area contributed by atoms with Crippen LogP contribution in [-0.2, 0) is 10.9 Å². The Bertz CT molecular complexity index is 577. The van der Waals surface area contributed by atoms with Crippen LogP contribution in [0.2, 0.25) is 0 Å². The first kappa shape index (κ1) is 20.4. The van der Waals surface area contributed by atoms with Gasteiger partial charge in [0.1, 0.15) is 11.9 Å². The van der Waals surface area contributed by atoms with E-state index in [4.69, 9.17) is 9.47 Å². The van der Waals surface area contributed by atoms with Crippen LogP contribution in [0.1, 0.15) is 31.7 Å². The Labute approximate surface area is 150 Å². The minimum atomic E-state index is -4.40. The molecule has 1 fully saturated rings. The summed E-state index contributed by atoms with van der Waals surface area (Å²) in [5.74, 6) is 0.141. The lowest BCUT2D eigenvalue weighted by atomic mass is 10.0. The van der Waals surface area contributed by atoms with Gasteiger partial charge in [-0.1, -0.05) is 13.3 Å². The number of halogens is 3. The van der Waals surface area contributed by atoms with Crippen LogP contribution in [0.25, 0.3) is 0 Å². The predicted molar refractivity (Wildman–Crippen MR) is 88.9 cm³/mol. The highest BCUT2D eigenvalue weighted by atomic mass is 19.4. The molecule has 146 valence electrons. The third-order valence-electron chi connectivity index (χ3n) is 4.38. The lowest BCUT2D eigenvalue weighted by Gasteiger charge is -2.23. The van der Waals surface area contributed by atoms with Crippen molar-refractivity contribution >= 4 is 6.09 Å². The topological polar surface area (TPSA) is 59.0 Å². The Kier molecular flexibility index (Phi) is 7.14. The van der Waals surface area contributed by atoms with Crippen LogP contribution < -0.4 is 4.74 Å². The second-order valence-corrected chi connectivity index (χ2v) is 6.32. The Morgan fingerprint density at radius 2 is 2.04 bits per heavy atom. The lowest BCUT2D eigenvalue weighted by molar-refractivity contribution is -0.137. The van der Waals surface area contributed by atoms with Crippen molar-refractivity contribution in [3.8, 4) is 5.75 Å². The third kappa shape index (κ3) is 5.52. The summed E-state index contributed by atoms with van der Waals surface area (Å²) in [6, 6.07) is 4.35. The number of carbonyl (C=O) groups excluding carboxylic acids is 1. The molecule has 1 aliphatic rings. The Morgan fingerprint density at radius 1 is 1.35 bits per heavy atom. The number of ether oxygens (including phenoxy) is 2. The molecular weight excluding hydrogens is 351 g/mol. The second kappa shape index (κ2) is 9.12. The largest absolute Gasteiger partial charge is 0.488 e. The summed E-state index contributed by atoms with van der Waals surface area (Å²) in [5.41, 5.74) is -0.757. The number of rotatable bonds is 7. The lowest BCUT2D eigenvalue weighted by Crippen LogP contribution is -2.35. The van der Waals surface area contributed by atoms with Gasteiger partial charge in [-0.25, -0.2) is 4.79 Å². The van der Waals surface area contributed by atoms with Crippen molar-refractivity contribution in [1.29, 1.82) is 0 Å². The van der Waals surface area contributed by atoms with E-state index in [-0.39, 0.29) is 24.4 Å². The molecule has 0 radical (unpaired) electrons. The van der Waals surface area contributed by atoms with E-state index in [0.29, 0.717) is 26.1 Å². The zero-order chi connectivity index (χ0) is 19.2. The molecule has 1 saturated heterocycles. The maximum Gasteiger partial charge on any atom is 0.416 e. The molecule has 0 bridgehead atoms. The molecule has 0 spiro atoms. The molecular formula is C18H24F3NO4. The molecule has 8 heteroatoms. The zero-order valence-electron chi connectivity index (χ0n) is 14.7. The number of amides is 1. The minimum absolute atomic E-state index is 0.110. The Hall–Kier alpha value is -1.96. The normalized spacial score (nSPS) is 18.7. The third-order valence-corrected chi connectivity index (χ3v) is 4.38. The van der Waals surface area contributed by atoms with Crippen LogP contribution in [0.5, 0.6) is 5.75 Å². The van der Waals surface area contributed by atoms with Crippen molar-refractivity contribution < 1.29 is 32.5 Å². The van der Waals surface area contributed by atoms with Gasteiger partial charge in [0.05, 0.1) is 18.8 Å². The SMILES string of the molecule is CCCCOC(=O)N1CC[C@H]([C@@H](CO)Oc2ccc(C(F)(F)F)cc2)C1. The van der Waals surface area contributed by atoms with Crippen LogP contribution in [0.4, 0.5) is 18.0 Å². The number of aliphatic hydroxyl groups is 1. The number of nitrogens with zero attached hydrogens (tertiary/aromatic N) is 1. The van der Waals surface area contributed by atoms with Crippen molar-refractivity contribution in [3.05, 3.63) is 29.8 Å². The van der Waals surface area contributed by atoms with Gasteiger partial charge in [-0.05, 0) is 37.1 Å². The highest BCUT2D eigenvalue weighted by Gasteiger charge is 2.34. The molecule has 0 aliphatic carbocycles. The summed E-state index contributed by atoms with van der Waals surface area (Å²) in [6.07, 6.45) is -3.01. The standard InChI is InChI=1S/C18H24F3NO4/c1-2-3-10-25-17(24)22-9-8-13(11-22)16(12-23)26-15-6-4-14(5-7-15)18(19,20)21/h4-7,13,16,23H,2-3,8-12H2,1H3/t13-,16+/m0/s1. The molecule has 26 heavy (non-hydrogen) atoms. The van der Waals surface area contributed by atoms with Gasteiger partial charge in [0.15, 0.2) is 0 Å². The van der Waals surface area contributed by atoms with Crippen molar-refractivity contribution in [2.45, 2.75) is 38.5 Å². The predicted octanol–water partition coefficient (Wildman–Crippen LogP) is 3.70. The number of hydrogen-bond donors (Lipinski definition) is 1. The molecule has 1 aliphatic heterocycles. The van der Waals surface area contributed by atoms with E-state index < -0.39 is 17.8 Å². The number of likely N-dealkylation sites (tertiary alicyclic amines) is 1. The van der Waals surface area contributed by atoms with Crippen LogP contribution in [0.15, 0.2) is 24.3 Å². The molecule has 0 unspecified atom stereocenters. The molecule has 1 heterocycles. The fraction of sp³-hybridized carbons (Fsp3) is 0.611. The molecule has 0 aromatic heterocycles. The first-order chi connectivity index (χ1) is 12.3. The van der Waals surface area contributed by atoms with E-state index in [1.165, 1.54) is 12.1 Å². The maximum absolute atomic E-state index is 12.6. The van der Waals surface area contributed by atoms with Crippen molar-refractivity contribution in [1.82, 2.24) is 4.90 Å². The van der Waals surface area contributed by atoms with E-state index in [1.807, 2.05) is 6.92 Å². The molecule has 1 aromatic rings. The summed E-state index contributed by atoms with van der Waals surface area (Å²) in [6.45, 7) is 2.98. The summed E-state index contributed by atoms with van der Waals surface area (Å²) in [4.78, 5) is 13.5. The second-order valence-electron chi connectivity index (χ2n) is 6.32. The average molecular weight is 375 g/mol. The van der Waals surface area contributed by atoms with Gasteiger partial charge in [0.2, 0.25) is 0 Å². The summed E-state index contributed by atoms with van der Waals surface area (Å²) >= 11 is 0. The average Bonchev–Trinajstić information content (AvgIpc) is 3.09. The Morgan fingerprint density at radius 3 is 2.62 bits per heavy atom. The zero-order valence-corrected chi connectivity index (χ0v) is 14.7. The van der Waals surface area contributed by atoms with Gasteiger partial charge in [0, 0.05) is 19.0 Å². The van der Waals surface area contributed by atoms with Crippen molar-refractivity contribution in [2.24, 2.45) is 5.92 Å². The summed E-state index contributed by atoms with van der Waals surface area (Å²) in [7, 11) is 0. The molecule has 5 nitrogen and oxygen atoms in total. The van der Waals surface area contributed by atoms with Gasteiger partial charge >= 0.3 is 12.3 Å². The van der Waals surface area contributed by atoms with Crippen LogP contribution in [0, 0.1) is 5.92 Å². The number of hydrogen-bond acceptors (Lipinski definition) is 4. The van der Waals surface area contributed by atoms with Gasteiger partial charge in [-0.3, -0.25) is 0 Å². The minimum Gasteiger partial charge on any atom is -0.488 e. The van der Waals surface area contributed by atoms with Crippen molar-refractivity contribution in [3.63, 3.8) is 0 Å².